The first-order valence-electron chi connectivity index (χ1n) is 8.64. The molecule has 0 saturated carbocycles. The molecule has 144 valence electrons. The second-order valence-electron chi connectivity index (χ2n) is 7.26. The summed E-state index contributed by atoms with van der Waals surface area (Å²) in [5, 5.41) is 15.9. The number of anilines is 1. The van der Waals surface area contributed by atoms with Crippen LogP contribution in [-0.4, -0.2) is 27.4 Å². The number of amides is 2. The average molecular weight is 390 g/mol. The van der Waals surface area contributed by atoms with Crippen LogP contribution < -0.4 is 10.6 Å². The summed E-state index contributed by atoms with van der Waals surface area (Å²) in [5.74, 6) is -0.403. The number of nitrogens with one attached hydrogen (secondary N) is 2. The first-order valence-corrected chi connectivity index (χ1v) is 9.02. The van der Waals surface area contributed by atoms with Crippen molar-refractivity contribution in [2.75, 3.05) is 5.32 Å². The molecule has 3 N–H and O–H groups in total. The molecule has 0 aliphatic carbocycles. The van der Waals surface area contributed by atoms with E-state index < -0.39 is 0 Å². The quantitative estimate of drug-likeness (QED) is 0.701. The molecule has 0 aliphatic heterocycles. The van der Waals surface area contributed by atoms with E-state index in [1.807, 2.05) is 27.7 Å². The van der Waals surface area contributed by atoms with Crippen molar-refractivity contribution in [3.8, 4) is 5.75 Å². The van der Waals surface area contributed by atoms with Gasteiger partial charge in [-0.05, 0) is 50.1 Å². The molecule has 0 bridgehead atoms. The maximum Gasteiger partial charge on any atom is 0.270 e. The van der Waals surface area contributed by atoms with Crippen LogP contribution in [0.2, 0.25) is 5.02 Å². The fourth-order valence-electron chi connectivity index (χ4n) is 2.21. The van der Waals surface area contributed by atoms with E-state index in [9.17, 15) is 14.7 Å². The van der Waals surface area contributed by atoms with Crippen LogP contribution >= 0.6 is 11.6 Å². The van der Waals surface area contributed by atoms with Gasteiger partial charge in [-0.1, -0.05) is 25.4 Å². The Bertz CT molecular complexity index is 850. The standard InChI is InChI=1S/C20H24ClN3O3/c1-12(2)20(3,4)24-19(27)16-11-15(7-8-22-16)23-18(26)10-13-9-14(21)5-6-17(13)25/h5-9,11-12,25H,10H2,1-4H3,(H,24,27)(H,22,23,26). The van der Waals surface area contributed by atoms with Crippen molar-refractivity contribution >= 4 is 29.1 Å². The number of carbonyl (C=O) groups is 2. The zero-order valence-corrected chi connectivity index (χ0v) is 16.6. The summed E-state index contributed by atoms with van der Waals surface area (Å²) >= 11 is 5.90. The van der Waals surface area contributed by atoms with Crippen molar-refractivity contribution in [2.45, 2.75) is 39.7 Å². The second kappa shape index (κ2) is 8.39. The minimum absolute atomic E-state index is 0.000243. The second-order valence-corrected chi connectivity index (χ2v) is 7.69. The maximum absolute atomic E-state index is 12.4. The van der Waals surface area contributed by atoms with E-state index >= 15 is 0 Å². The van der Waals surface area contributed by atoms with E-state index in [1.54, 1.807) is 12.1 Å². The molecule has 0 spiro atoms. The molecule has 7 heteroatoms. The largest absolute Gasteiger partial charge is 0.508 e. The number of aromatic nitrogens is 1. The van der Waals surface area contributed by atoms with Crippen LogP contribution in [-0.2, 0) is 11.2 Å². The lowest BCUT2D eigenvalue weighted by Gasteiger charge is -2.30. The maximum atomic E-state index is 12.4. The van der Waals surface area contributed by atoms with Crippen LogP contribution in [0.5, 0.6) is 5.75 Å². The number of pyridine rings is 1. The highest BCUT2D eigenvalue weighted by atomic mass is 35.5. The molecule has 1 heterocycles. The summed E-state index contributed by atoms with van der Waals surface area (Å²) in [5.41, 5.74) is 0.698. The van der Waals surface area contributed by atoms with Crippen molar-refractivity contribution < 1.29 is 14.7 Å². The smallest absolute Gasteiger partial charge is 0.270 e. The third-order valence-corrected chi connectivity index (χ3v) is 4.78. The van der Waals surface area contributed by atoms with Crippen molar-refractivity contribution in [1.29, 1.82) is 0 Å². The molecular weight excluding hydrogens is 366 g/mol. The number of hydrogen-bond donors (Lipinski definition) is 3. The van der Waals surface area contributed by atoms with E-state index in [2.05, 4.69) is 15.6 Å². The normalized spacial score (nSPS) is 11.3. The molecule has 0 fully saturated rings. The van der Waals surface area contributed by atoms with Crippen LogP contribution in [0.4, 0.5) is 5.69 Å². The monoisotopic (exact) mass is 389 g/mol. The fourth-order valence-corrected chi connectivity index (χ4v) is 2.40. The van der Waals surface area contributed by atoms with Crippen LogP contribution in [0, 0.1) is 5.92 Å². The summed E-state index contributed by atoms with van der Waals surface area (Å²) in [4.78, 5) is 28.8. The van der Waals surface area contributed by atoms with Gasteiger partial charge in [-0.3, -0.25) is 14.6 Å². The van der Waals surface area contributed by atoms with E-state index in [0.717, 1.165) is 0 Å². The Morgan fingerprint density at radius 1 is 1.22 bits per heavy atom. The van der Waals surface area contributed by atoms with Crippen molar-refractivity contribution in [1.82, 2.24) is 10.3 Å². The summed E-state index contributed by atoms with van der Waals surface area (Å²) in [6, 6.07) is 7.64. The molecule has 6 nitrogen and oxygen atoms in total. The highest BCUT2D eigenvalue weighted by molar-refractivity contribution is 6.30. The summed E-state index contributed by atoms with van der Waals surface area (Å²) in [6.45, 7) is 7.93. The summed E-state index contributed by atoms with van der Waals surface area (Å²) in [6.07, 6.45) is 1.42. The van der Waals surface area contributed by atoms with Gasteiger partial charge < -0.3 is 15.7 Å². The lowest BCUT2D eigenvalue weighted by molar-refractivity contribution is -0.115. The summed E-state index contributed by atoms with van der Waals surface area (Å²) in [7, 11) is 0. The van der Waals surface area contributed by atoms with Crippen molar-refractivity contribution in [3.05, 3.63) is 52.8 Å². The zero-order chi connectivity index (χ0) is 20.2. The molecule has 0 unspecified atom stereocenters. The van der Waals surface area contributed by atoms with E-state index in [4.69, 9.17) is 11.6 Å². The molecule has 0 saturated heterocycles. The van der Waals surface area contributed by atoms with Crippen LogP contribution in [0.15, 0.2) is 36.5 Å². The third kappa shape index (κ3) is 5.69. The Morgan fingerprint density at radius 3 is 2.59 bits per heavy atom. The zero-order valence-electron chi connectivity index (χ0n) is 15.8. The number of benzene rings is 1. The molecule has 0 aliphatic rings. The molecule has 1 aromatic heterocycles. The number of hydrogen-bond acceptors (Lipinski definition) is 4. The predicted octanol–water partition coefficient (Wildman–Crippen LogP) is 3.79. The van der Waals surface area contributed by atoms with Gasteiger partial charge in [-0.25, -0.2) is 0 Å². The minimum Gasteiger partial charge on any atom is -0.508 e. The SMILES string of the molecule is CC(C)C(C)(C)NC(=O)c1cc(NC(=O)Cc2cc(Cl)ccc2O)ccn1. The fraction of sp³-hybridized carbons (Fsp3) is 0.350. The van der Waals surface area contributed by atoms with Crippen molar-refractivity contribution in [3.63, 3.8) is 0 Å². The van der Waals surface area contributed by atoms with Gasteiger partial charge in [-0.2, -0.15) is 0 Å². The van der Waals surface area contributed by atoms with Gasteiger partial charge in [0.1, 0.15) is 11.4 Å². The third-order valence-electron chi connectivity index (χ3n) is 4.55. The first-order chi connectivity index (χ1) is 12.6. The average Bonchev–Trinajstić information content (AvgIpc) is 2.57. The molecular formula is C20H24ClN3O3. The van der Waals surface area contributed by atoms with E-state index in [0.29, 0.717) is 16.3 Å². The Labute approximate surface area is 164 Å². The Morgan fingerprint density at radius 2 is 1.93 bits per heavy atom. The lowest BCUT2D eigenvalue weighted by atomic mass is 9.90. The van der Waals surface area contributed by atoms with Gasteiger partial charge in [0.15, 0.2) is 0 Å². The van der Waals surface area contributed by atoms with Gasteiger partial charge in [0.05, 0.1) is 6.42 Å². The summed E-state index contributed by atoms with van der Waals surface area (Å²) < 4.78 is 0. The van der Waals surface area contributed by atoms with E-state index in [-0.39, 0.29) is 41.1 Å². The van der Waals surface area contributed by atoms with Crippen LogP contribution in [0.25, 0.3) is 0 Å². The predicted molar refractivity (Wildman–Crippen MR) is 106 cm³/mol. The van der Waals surface area contributed by atoms with Gasteiger partial charge >= 0.3 is 0 Å². The van der Waals surface area contributed by atoms with Gasteiger partial charge in [0.2, 0.25) is 5.91 Å². The topological polar surface area (TPSA) is 91.3 Å². The number of halogens is 1. The first kappa shape index (κ1) is 20.7. The molecule has 27 heavy (non-hydrogen) atoms. The number of phenols is 1. The van der Waals surface area contributed by atoms with Gasteiger partial charge in [0, 0.05) is 28.0 Å². The number of nitrogens with zero attached hydrogens (tertiary/aromatic N) is 1. The van der Waals surface area contributed by atoms with Crippen LogP contribution in [0.1, 0.15) is 43.7 Å². The Balaban J connectivity index is 2.08. The lowest BCUT2D eigenvalue weighted by Crippen LogP contribution is -2.47. The highest BCUT2D eigenvalue weighted by Gasteiger charge is 2.25. The van der Waals surface area contributed by atoms with Gasteiger partial charge in [-0.15, -0.1) is 0 Å². The number of rotatable bonds is 6. The van der Waals surface area contributed by atoms with Crippen molar-refractivity contribution in [2.24, 2.45) is 5.92 Å². The number of phenolic OH excluding ortho intramolecular Hbond substituents is 1. The molecule has 1 aromatic carbocycles. The van der Waals surface area contributed by atoms with Gasteiger partial charge in [0.25, 0.3) is 5.91 Å². The highest BCUT2D eigenvalue weighted by Crippen LogP contribution is 2.22. The molecule has 2 aromatic rings. The molecule has 2 rings (SSSR count). The minimum atomic E-state index is -0.387. The molecule has 0 atom stereocenters. The Kier molecular flexibility index (Phi) is 6.44. The Hall–Kier alpha value is -2.60. The number of aromatic hydroxyl groups is 1. The number of carbonyl (C=O) groups excluding carboxylic acids is 2. The molecule has 0 radical (unpaired) electrons. The van der Waals surface area contributed by atoms with Crippen LogP contribution in [0.3, 0.4) is 0 Å². The molecule has 2 amide bonds. The van der Waals surface area contributed by atoms with E-state index in [1.165, 1.54) is 24.4 Å².